The Balaban J connectivity index is 2.38. The van der Waals surface area contributed by atoms with Gasteiger partial charge in [-0.05, 0) is 18.2 Å². The highest BCUT2D eigenvalue weighted by atomic mass is 35.5. The lowest BCUT2D eigenvalue weighted by Gasteiger charge is -2.03. The van der Waals surface area contributed by atoms with Crippen LogP contribution in [0, 0.1) is 0 Å². The van der Waals surface area contributed by atoms with Crippen LogP contribution in [-0.4, -0.2) is 25.4 Å². The Labute approximate surface area is 120 Å². The molecule has 0 atom stereocenters. The lowest BCUT2D eigenvalue weighted by atomic mass is 10.1. The fraction of sp³-hybridized carbons (Fsp3) is 0.143. The van der Waals surface area contributed by atoms with E-state index in [0.29, 0.717) is 10.7 Å². The monoisotopic (exact) mass is 289 g/mol. The third-order valence-electron chi connectivity index (χ3n) is 3.38. The van der Waals surface area contributed by atoms with Crippen LogP contribution in [-0.2, 0) is 14.1 Å². The Hall–Kier alpha value is -2.27. The first-order valence-corrected chi connectivity index (χ1v) is 6.37. The average molecular weight is 290 g/mol. The summed E-state index contributed by atoms with van der Waals surface area (Å²) < 4.78 is 3.51. The Morgan fingerprint density at radius 3 is 2.80 bits per heavy atom. The molecule has 3 rings (SSSR count). The van der Waals surface area contributed by atoms with Crippen molar-refractivity contribution in [3.63, 3.8) is 0 Å². The second-order valence-electron chi connectivity index (χ2n) is 4.65. The number of fused-ring (bicyclic) bond motifs is 1. The van der Waals surface area contributed by atoms with Gasteiger partial charge in [-0.15, -0.1) is 0 Å². The van der Waals surface area contributed by atoms with Crippen molar-refractivity contribution in [3.8, 4) is 11.3 Å². The van der Waals surface area contributed by atoms with Crippen LogP contribution in [0.4, 0.5) is 0 Å². The highest BCUT2D eigenvalue weighted by Crippen LogP contribution is 2.33. The van der Waals surface area contributed by atoms with Crippen molar-refractivity contribution in [2.24, 2.45) is 14.1 Å². The molecule has 0 aliphatic heterocycles. The molecule has 3 aromatic rings. The number of nitrogens with zero attached hydrogens (tertiary/aromatic N) is 3. The van der Waals surface area contributed by atoms with Crippen molar-refractivity contribution in [2.75, 3.05) is 0 Å². The largest absolute Gasteiger partial charge is 0.478 e. The molecule has 0 bridgehead atoms. The molecular weight excluding hydrogens is 278 g/mol. The minimum atomic E-state index is -0.993. The van der Waals surface area contributed by atoms with Crippen LogP contribution in [0.1, 0.15) is 10.4 Å². The van der Waals surface area contributed by atoms with Gasteiger partial charge in [0.2, 0.25) is 0 Å². The smallest absolute Gasteiger partial charge is 0.339 e. The van der Waals surface area contributed by atoms with Gasteiger partial charge in [0.1, 0.15) is 5.56 Å². The first kappa shape index (κ1) is 12.7. The molecule has 6 heteroatoms. The number of hydrogen-bond acceptors (Lipinski definition) is 2. The van der Waals surface area contributed by atoms with Crippen molar-refractivity contribution < 1.29 is 9.90 Å². The van der Waals surface area contributed by atoms with E-state index in [0.717, 1.165) is 16.5 Å². The zero-order chi connectivity index (χ0) is 14.4. The van der Waals surface area contributed by atoms with Gasteiger partial charge in [-0.2, -0.15) is 5.10 Å². The number of aromatic carboxylic acids is 1. The second-order valence-corrected chi connectivity index (χ2v) is 5.09. The van der Waals surface area contributed by atoms with Crippen molar-refractivity contribution in [1.29, 1.82) is 0 Å². The van der Waals surface area contributed by atoms with E-state index in [2.05, 4.69) is 5.10 Å². The van der Waals surface area contributed by atoms with E-state index in [4.69, 9.17) is 11.6 Å². The summed E-state index contributed by atoms with van der Waals surface area (Å²) >= 11 is 6.06. The van der Waals surface area contributed by atoms with Crippen LogP contribution in [0.3, 0.4) is 0 Å². The van der Waals surface area contributed by atoms with E-state index >= 15 is 0 Å². The molecule has 0 spiro atoms. The molecule has 1 aromatic carbocycles. The third kappa shape index (κ3) is 1.78. The molecule has 1 N–H and O–H groups in total. The van der Waals surface area contributed by atoms with Crippen LogP contribution in [0.15, 0.2) is 30.6 Å². The highest BCUT2D eigenvalue weighted by molar-refractivity contribution is 6.31. The number of halogens is 1. The molecule has 0 radical (unpaired) electrons. The predicted octanol–water partition coefficient (Wildman–Crippen LogP) is 2.93. The van der Waals surface area contributed by atoms with E-state index in [1.165, 1.54) is 6.20 Å². The predicted molar refractivity (Wildman–Crippen MR) is 77.1 cm³/mol. The Morgan fingerprint density at radius 2 is 2.10 bits per heavy atom. The quantitative estimate of drug-likeness (QED) is 0.789. The van der Waals surface area contributed by atoms with Gasteiger partial charge in [-0.1, -0.05) is 11.6 Å². The van der Waals surface area contributed by atoms with Crippen LogP contribution >= 0.6 is 11.6 Å². The van der Waals surface area contributed by atoms with Crippen LogP contribution in [0.25, 0.3) is 22.2 Å². The summed E-state index contributed by atoms with van der Waals surface area (Å²) in [6.45, 7) is 0. The minimum Gasteiger partial charge on any atom is -0.478 e. The molecule has 0 aliphatic carbocycles. The van der Waals surface area contributed by atoms with Crippen LogP contribution < -0.4 is 0 Å². The molecule has 0 saturated heterocycles. The van der Waals surface area contributed by atoms with E-state index in [-0.39, 0.29) is 5.56 Å². The summed E-state index contributed by atoms with van der Waals surface area (Å²) in [6.07, 6.45) is 3.26. The SMILES string of the molecule is Cn1ncc(C(=O)O)c1-c1cn(C)c2ccc(Cl)cc12. The van der Waals surface area contributed by atoms with Gasteiger partial charge in [0.05, 0.1) is 11.9 Å². The fourth-order valence-corrected chi connectivity index (χ4v) is 2.64. The zero-order valence-corrected chi connectivity index (χ0v) is 11.7. The standard InChI is InChI=1S/C14H12ClN3O2/c1-17-7-11(9-5-8(15)3-4-12(9)17)13-10(14(19)20)6-16-18(13)2/h3-7H,1-2H3,(H,19,20). The van der Waals surface area contributed by atoms with Crippen LogP contribution in [0.2, 0.25) is 5.02 Å². The molecule has 102 valence electrons. The molecule has 0 amide bonds. The molecule has 5 nitrogen and oxygen atoms in total. The molecular formula is C14H12ClN3O2. The van der Waals surface area contributed by atoms with Gasteiger partial charge >= 0.3 is 5.97 Å². The number of carboxylic acids is 1. The maximum atomic E-state index is 11.3. The zero-order valence-electron chi connectivity index (χ0n) is 11.0. The molecule has 0 unspecified atom stereocenters. The second kappa shape index (κ2) is 4.38. The maximum Gasteiger partial charge on any atom is 0.339 e. The van der Waals surface area contributed by atoms with E-state index < -0.39 is 5.97 Å². The average Bonchev–Trinajstić information content (AvgIpc) is 2.90. The summed E-state index contributed by atoms with van der Waals surface area (Å²) in [5, 5.41) is 14.9. The lowest BCUT2D eigenvalue weighted by molar-refractivity contribution is 0.0697. The summed E-state index contributed by atoms with van der Waals surface area (Å²) in [5.74, 6) is -0.993. The maximum absolute atomic E-state index is 11.3. The number of hydrogen-bond donors (Lipinski definition) is 1. The topological polar surface area (TPSA) is 60.1 Å². The lowest BCUT2D eigenvalue weighted by Crippen LogP contribution is -2.00. The van der Waals surface area contributed by atoms with Crippen molar-refractivity contribution in [3.05, 3.63) is 41.2 Å². The molecule has 0 fully saturated rings. The molecule has 2 heterocycles. The van der Waals surface area contributed by atoms with Crippen LogP contribution in [0.5, 0.6) is 0 Å². The number of aryl methyl sites for hydroxylation is 2. The molecule has 0 saturated carbocycles. The Bertz CT molecular complexity index is 832. The summed E-state index contributed by atoms with van der Waals surface area (Å²) in [6, 6.07) is 5.57. The van der Waals surface area contributed by atoms with Gasteiger partial charge in [0.15, 0.2) is 0 Å². The fourth-order valence-electron chi connectivity index (χ4n) is 2.47. The number of carboxylic acid groups (broad SMARTS) is 1. The normalized spacial score (nSPS) is 11.2. The summed E-state index contributed by atoms with van der Waals surface area (Å²) in [7, 11) is 3.64. The highest BCUT2D eigenvalue weighted by Gasteiger charge is 2.20. The van der Waals surface area contributed by atoms with Gasteiger partial charge in [0, 0.05) is 41.8 Å². The first-order chi connectivity index (χ1) is 9.49. The van der Waals surface area contributed by atoms with E-state index in [9.17, 15) is 9.90 Å². The minimum absolute atomic E-state index is 0.181. The molecule has 0 aliphatic rings. The van der Waals surface area contributed by atoms with Gasteiger partial charge in [-0.25, -0.2) is 4.79 Å². The number of rotatable bonds is 2. The molecule has 2 aromatic heterocycles. The number of carbonyl (C=O) groups is 1. The van der Waals surface area contributed by atoms with E-state index in [1.54, 1.807) is 11.7 Å². The summed E-state index contributed by atoms with van der Waals surface area (Å²) in [5.41, 5.74) is 2.55. The van der Waals surface area contributed by atoms with Gasteiger partial charge in [-0.3, -0.25) is 4.68 Å². The molecule has 20 heavy (non-hydrogen) atoms. The number of aromatic nitrogens is 3. The van der Waals surface area contributed by atoms with Gasteiger partial charge in [0.25, 0.3) is 0 Å². The number of benzene rings is 1. The van der Waals surface area contributed by atoms with Crippen molar-refractivity contribution >= 4 is 28.5 Å². The van der Waals surface area contributed by atoms with E-state index in [1.807, 2.05) is 36.0 Å². The Kier molecular flexibility index (Phi) is 2.79. The van der Waals surface area contributed by atoms with Gasteiger partial charge < -0.3 is 9.67 Å². The van der Waals surface area contributed by atoms with Crippen molar-refractivity contribution in [2.45, 2.75) is 0 Å². The third-order valence-corrected chi connectivity index (χ3v) is 3.61. The summed E-state index contributed by atoms with van der Waals surface area (Å²) in [4.78, 5) is 11.3. The van der Waals surface area contributed by atoms with Crippen molar-refractivity contribution in [1.82, 2.24) is 14.3 Å². The first-order valence-electron chi connectivity index (χ1n) is 5.99. The Morgan fingerprint density at radius 1 is 1.35 bits per heavy atom.